The Bertz CT molecular complexity index is 920. The lowest BCUT2D eigenvalue weighted by molar-refractivity contribution is 0.148. The summed E-state index contributed by atoms with van der Waals surface area (Å²) < 4.78 is 2.18. The summed E-state index contributed by atoms with van der Waals surface area (Å²) in [6.45, 7) is 6.26. The number of anilines is 1. The van der Waals surface area contributed by atoms with Crippen molar-refractivity contribution in [3.63, 3.8) is 0 Å². The fourth-order valence-electron chi connectivity index (χ4n) is 4.79. The van der Waals surface area contributed by atoms with Gasteiger partial charge >= 0.3 is 0 Å². The molecule has 5 rings (SSSR count). The molecule has 1 aliphatic heterocycles. The van der Waals surface area contributed by atoms with Crippen LogP contribution in [0.15, 0.2) is 35.8 Å². The first-order chi connectivity index (χ1) is 15.4. The van der Waals surface area contributed by atoms with E-state index in [0.717, 1.165) is 62.0 Å². The van der Waals surface area contributed by atoms with E-state index in [1.807, 2.05) is 11.3 Å². The minimum Gasteiger partial charge on any atom is -0.344 e. The van der Waals surface area contributed by atoms with Crippen LogP contribution in [0.1, 0.15) is 42.7 Å². The van der Waals surface area contributed by atoms with Gasteiger partial charge in [0.2, 0.25) is 10.3 Å². The molecule has 3 aromatic rings. The topological polar surface area (TPSA) is 49.2 Å². The molecular weight excluding hydrogens is 424 g/mol. The summed E-state index contributed by atoms with van der Waals surface area (Å²) in [5.41, 5.74) is 1.23. The lowest BCUT2D eigenvalue weighted by Crippen LogP contribution is -2.50. The number of nitrogens with zero attached hydrogens (tertiary/aromatic N) is 5. The summed E-state index contributed by atoms with van der Waals surface area (Å²) in [6.07, 6.45) is 10.2. The number of rotatable bonds is 8. The van der Waals surface area contributed by atoms with Gasteiger partial charge in [0.15, 0.2) is 0 Å². The van der Waals surface area contributed by atoms with Crippen molar-refractivity contribution < 1.29 is 0 Å². The summed E-state index contributed by atoms with van der Waals surface area (Å²) in [5, 5.41) is 16.8. The zero-order valence-electron chi connectivity index (χ0n) is 18.1. The Kier molecular flexibility index (Phi) is 6.99. The summed E-state index contributed by atoms with van der Waals surface area (Å²) in [4.78, 5) is 6.56. The van der Waals surface area contributed by atoms with E-state index in [9.17, 15) is 0 Å². The smallest absolute Gasteiger partial charge is 0.218 e. The van der Waals surface area contributed by atoms with Gasteiger partial charge in [0.05, 0.1) is 0 Å². The van der Waals surface area contributed by atoms with Crippen LogP contribution in [0.25, 0.3) is 5.13 Å². The van der Waals surface area contributed by atoms with Crippen LogP contribution < -0.4 is 10.2 Å². The van der Waals surface area contributed by atoms with Crippen molar-refractivity contribution in [1.82, 2.24) is 25.0 Å². The molecule has 4 heterocycles. The molecule has 31 heavy (non-hydrogen) atoms. The lowest BCUT2D eigenvalue weighted by atomic mass is 9.94. The molecule has 6 nitrogen and oxygen atoms in total. The highest BCUT2D eigenvalue weighted by molar-refractivity contribution is 7.17. The van der Waals surface area contributed by atoms with E-state index in [4.69, 9.17) is 0 Å². The average Bonchev–Trinajstić information content (AvgIpc) is 3.59. The standard InChI is InChI=1S/C23H32N6S2/c1-2-6-19(7-3-1)27-13-15-28(16-14-27)22-25-26-23(31-22)29-12-4-8-20(29)18-24-11-10-21-9-5-17-30-21/h4-5,8-9,12,17,19,24H,1-3,6-7,10-11,13-16,18H2. The second kappa shape index (κ2) is 10.3. The number of hydrogen-bond acceptors (Lipinski definition) is 7. The van der Waals surface area contributed by atoms with Crippen LogP contribution in [-0.4, -0.2) is 58.4 Å². The molecule has 2 aliphatic rings. The van der Waals surface area contributed by atoms with Gasteiger partial charge in [-0.3, -0.25) is 9.47 Å². The summed E-state index contributed by atoms with van der Waals surface area (Å²) in [5.74, 6) is 0. The van der Waals surface area contributed by atoms with Crippen molar-refractivity contribution in [2.24, 2.45) is 0 Å². The molecular formula is C23H32N6S2. The molecule has 0 radical (unpaired) electrons. The summed E-state index contributed by atoms with van der Waals surface area (Å²) in [6, 6.07) is 9.40. The quantitative estimate of drug-likeness (QED) is 0.516. The third-order valence-corrected chi connectivity index (χ3v) is 8.47. The van der Waals surface area contributed by atoms with E-state index in [0.29, 0.717) is 0 Å². The van der Waals surface area contributed by atoms with Crippen molar-refractivity contribution in [3.05, 3.63) is 46.4 Å². The number of thiophene rings is 1. The van der Waals surface area contributed by atoms with E-state index in [-0.39, 0.29) is 0 Å². The maximum Gasteiger partial charge on any atom is 0.218 e. The van der Waals surface area contributed by atoms with Crippen molar-refractivity contribution >= 4 is 27.8 Å². The zero-order valence-corrected chi connectivity index (χ0v) is 19.7. The van der Waals surface area contributed by atoms with Gasteiger partial charge in [0, 0.05) is 62.1 Å². The van der Waals surface area contributed by atoms with Gasteiger partial charge in [-0.2, -0.15) is 0 Å². The van der Waals surface area contributed by atoms with Crippen molar-refractivity contribution in [1.29, 1.82) is 0 Å². The van der Waals surface area contributed by atoms with Gasteiger partial charge in [-0.05, 0) is 42.8 Å². The van der Waals surface area contributed by atoms with E-state index in [1.165, 1.54) is 42.7 Å². The van der Waals surface area contributed by atoms with Crippen molar-refractivity contribution in [2.45, 2.75) is 51.1 Å². The molecule has 1 saturated carbocycles. The van der Waals surface area contributed by atoms with Gasteiger partial charge in [0.1, 0.15) is 0 Å². The maximum absolute atomic E-state index is 4.54. The second-order valence-corrected chi connectivity index (χ2v) is 10.5. The molecule has 0 aromatic carbocycles. The molecule has 3 aromatic heterocycles. The third-order valence-electron chi connectivity index (χ3n) is 6.55. The first kappa shape index (κ1) is 21.1. The fourth-order valence-corrected chi connectivity index (χ4v) is 6.41. The predicted molar refractivity (Wildman–Crippen MR) is 130 cm³/mol. The van der Waals surface area contributed by atoms with Gasteiger partial charge in [-0.25, -0.2) is 0 Å². The number of nitrogens with one attached hydrogen (secondary N) is 1. The molecule has 0 unspecified atom stereocenters. The highest BCUT2D eigenvalue weighted by Gasteiger charge is 2.26. The molecule has 2 fully saturated rings. The normalized spacial score (nSPS) is 18.6. The predicted octanol–water partition coefficient (Wildman–Crippen LogP) is 4.18. The minimum atomic E-state index is 0.815. The molecule has 0 atom stereocenters. The largest absolute Gasteiger partial charge is 0.344 e. The fraction of sp³-hybridized carbons (Fsp3) is 0.565. The lowest BCUT2D eigenvalue weighted by Gasteiger charge is -2.40. The number of hydrogen-bond donors (Lipinski definition) is 1. The monoisotopic (exact) mass is 456 g/mol. The van der Waals surface area contributed by atoms with E-state index < -0.39 is 0 Å². The molecule has 1 aliphatic carbocycles. The SMILES string of the molecule is c1csc(CCNCc2cccn2-c2nnc(N3CCN(C4CCCCC4)CC3)s2)c1. The van der Waals surface area contributed by atoms with E-state index in [1.54, 1.807) is 11.3 Å². The number of piperazine rings is 1. The highest BCUT2D eigenvalue weighted by atomic mass is 32.1. The van der Waals surface area contributed by atoms with Crippen molar-refractivity contribution in [2.75, 3.05) is 37.6 Å². The Morgan fingerprint density at radius 1 is 0.968 bits per heavy atom. The maximum atomic E-state index is 4.54. The third kappa shape index (κ3) is 5.19. The van der Waals surface area contributed by atoms with E-state index in [2.05, 4.69) is 65.7 Å². The zero-order chi connectivity index (χ0) is 20.9. The Balaban J connectivity index is 1.14. The average molecular weight is 457 g/mol. The molecule has 1 N–H and O–H groups in total. The summed E-state index contributed by atoms with van der Waals surface area (Å²) >= 11 is 3.53. The van der Waals surface area contributed by atoms with Crippen LogP contribution in [0.4, 0.5) is 5.13 Å². The second-order valence-electron chi connectivity index (χ2n) is 8.56. The van der Waals surface area contributed by atoms with Gasteiger partial charge in [-0.1, -0.05) is 36.7 Å². The van der Waals surface area contributed by atoms with Crippen LogP contribution in [0, 0.1) is 0 Å². The van der Waals surface area contributed by atoms with Crippen LogP contribution in [0.3, 0.4) is 0 Å². The minimum absolute atomic E-state index is 0.815. The molecule has 166 valence electrons. The van der Waals surface area contributed by atoms with Crippen molar-refractivity contribution in [3.8, 4) is 5.13 Å². The molecule has 0 spiro atoms. The molecule has 1 saturated heterocycles. The van der Waals surface area contributed by atoms with Crippen LogP contribution in [0.2, 0.25) is 0 Å². The Hall–Kier alpha value is -1.74. The molecule has 0 bridgehead atoms. The van der Waals surface area contributed by atoms with Gasteiger partial charge in [-0.15, -0.1) is 21.5 Å². The Morgan fingerprint density at radius 3 is 2.61 bits per heavy atom. The van der Waals surface area contributed by atoms with Gasteiger partial charge in [0.25, 0.3) is 0 Å². The molecule has 8 heteroatoms. The Morgan fingerprint density at radius 2 is 1.81 bits per heavy atom. The summed E-state index contributed by atoms with van der Waals surface area (Å²) in [7, 11) is 0. The molecule has 0 amide bonds. The van der Waals surface area contributed by atoms with Gasteiger partial charge < -0.3 is 10.2 Å². The number of aromatic nitrogens is 3. The van der Waals surface area contributed by atoms with E-state index >= 15 is 0 Å². The first-order valence-electron chi connectivity index (χ1n) is 11.6. The Labute approximate surface area is 192 Å². The van der Waals surface area contributed by atoms with Crippen LogP contribution in [-0.2, 0) is 13.0 Å². The highest BCUT2D eigenvalue weighted by Crippen LogP contribution is 2.28. The first-order valence-corrected chi connectivity index (χ1v) is 13.3. The van der Waals surface area contributed by atoms with Crippen LogP contribution in [0.5, 0.6) is 0 Å². The van der Waals surface area contributed by atoms with Crippen LogP contribution >= 0.6 is 22.7 Å².